The maximum atomic E-state index is 11.3. The van der Waals surface area contributed by atoms with Gasteiger partial charge in [-0.05, 0) is 28.0 Å². The Morgan fingerprint density at radius 3 is 1.63 bits per heavy atom. The summed E-state index contributed by atoms with van der Waals surface area (Å²) >= 11 is 1.60. The number of thiophene rings is 1. The summed E-state index contributed by atoms with van der Waals surface area (Å²) in [5.41, 5.74) is 1.61. The van der Waals surface area contributed by atoms with Crippen LogP contribution in [0.15, 0.2) is 77.5 Å². The van der Waals surface area contributed by atoms with E-state index in [1.54, 1.807) is 11.3 Å². The van der Waals surface area contributed by atoms with Gasteiger partial charge in [0.25, 0.3) is 0 Å². The van der Waals surface area contributed by atoms with Crippen LogP contribution in [0.2, 0.25) is 0 Å². The van der Waals surface area contributed by atoms with Gasteiger partial charge in [0.05, 0.1) is 0 Å². The van der Waals surface area contributed by atoms with Crippen LogP contribution in [0.25, 0.3) is 0 Å². The zero-order chi connectivity index (χ0) is 13.1. The Kier molecular flexibility index (Phi) is 3.20. The quantitative estimate of drug-likeness (QED) is 0.758. The van der Waals surface area contributed by atoms with Crippen LogP contribution in [-0.2, 0) is 5.60 Å². The molecule has 0 fully saturated rings. The van der Waals surface area contributed by atoms with E-state index in [2.05, 4.69) is 0 Å². The van der Waals surface area contributed by atoms with Gasteiger partial charge in [-0.15, -0.1) is 0 Å². The third-order valence-electron chi connectivity index (χ3n) is 3.32. The molecule has 1 aromatic heterocycles. The van der Waals surface area contributed by atoms with E-state index in [-0.39, 0.29) is 0 Å². The van der Waals surface area contributed by atoms with Gasteiger partial charge >= 0.3 is 0 Å². The third-order valence-corrected chi connectivity index (χ3v) is 4.01. The largest absolute Gasteiger partial charge is 0.376 e. The van der Waals surface area contributed by atoms with Crippen molar-refractivity contribution in [2.45, 2.75) is 5.60 Å². The van der Waals surface area contributed by atoms with E-state index >= 15 is 0 Å². The molecule has 0 saturated heterocycles. The van der Waals surface area contributed by atoms with Crippen molar-refractivity contribution in [1.29, 1.82) is 0 Å². The van der Waals surface area contributed by atoms with Crippen LogP contribution in [-0.4, -0.2) is 5.11 Å². The number of aliphatic hydroxyl groups is 1. The zero-order valence-corrected chi connectivity index (χ0v) is 11.2. The molecule has 0 amide bonds. The average Bonchev–Trinajstić information content (AvgIpc) is 3.03. The van der Waals surface area contributed by atoms with Crippen molar-refractivity contribution in [2.24, 2.45) is 0 Å². The number of hydrogen-bond donors (Lipinski definition) is 1. The molecule has 1 heterocycles. The second-order valence-electron chi connectivity index (χ2n) is 4.45. The van der Waals surface area contributed by atoms with Gasteiger partial charge in [0, 0.05) is 5.56 Å². The van der Waals surface area contributed by atoms with Crippen LogP contribution in [0.1, 0.15) is 16.7 Å². The Morgan fingerprint density at radius 1 is 0.684 bits per heavy atom. The first kappa shape index (κ1) is 12.2. The summed E-state index contributed by atoms with van der Waals surface area (Å²) in [6.45, 7) is 0. The topological polar surface area (TPSA) is 20.2 Å². The molecule has 2 heteroatoms. The number of hydrogen-bond acceptors (Lipinski definition) is 2. The van der Waals surface area contributed by atoms with E-state index in [1.807, 2.05) is 77.5 Å². The Bertz CT molecular complexity index is 590. The molecule has 2 aromatic carbocycles. The maximum Gasteiger partial charge on any atom is 0.141 e. The van der Waals surface area contributed by atoms with Gasteiger partial charge in [-0.25, -0.2) is 0 Å². The zero-order valence-electron chi connectivity index (χ0n) is 10.4. The molecule has 0 saturated carbocycles. The second kappa shape index (κ2) is 5.00. The lowest BCUT2D eigenvalue weighted by atomic mass is 9.82. The van der Waals surface area contributed by atoms with Crippen molar-refractivity contribution < 1.29 is 5.11 Å². The molecule has 0 aliphatic carbocycles. The highest BCUT2D eigenvalue weighted by atomic mass is 32.1. The van der Waals surface area contributed by atoms with E-state index in [9.17, 15) is 5.11 Å². The molecule has 0 aliphatic rings. The lowest BCUT2D eigenvalue weighted by Gasteiger charge is -2.29. The first-order chi connectivity index (χ1) is 9.32. The smallest absolute Gasteiger partial charge is 0.141 e. The number of benzene rings is 2. The summed E-state index contributed by atoms with van der Waals surface area (Å²) in [7, 11) is 0. The molecule has 1 N–H and O–H groups in total. The van der Waals surface area contributed by atoms with Crippen molar-refractivity contribution in [3.8, 4) is 0 Å². The van der Waals surface area contributed by atoms with Crippen LogP contribution in [0.3, 0.4) is 0 Å². The van der Waals surface area contributed by atoms with E-state index < -0.39 is 5.60 Å². The highest BCUT2D eigenvalue weighted by molar-refractivity contribution is 7.08. The van der Waals surface area contributed by atoms with Crippen LogP contribution < -0.4 is 0 Å². The average molecular weight is 266 g/mol. The summed E-state index contributed by atoms with van der Waals surface area (Å²) in [4.78, 5) is 0. The predicted octanol–water partition coefficient (Wildman–Crippen LogP) is 4.03. The highest BCUT2D eigenvalue weighted by Crippen LogP contribution is 2.37. The minimum atomic E-state index is -1.08. The molecule has 0 unspecified atom stereocenters. The van der Waals surface area contributed by atoms with Crippen molar-refractivity contribution in [3.05, 3.63) is 94.2 Å². The van der Waals surface area contributed by atoms with Crippen LogP contribution >= 0.6 is 11.3 Å². The second-order valence-corrected chi connectivity index (χ2v) is 5.23. The Labute approximate surface area is 116 Å². The van der Waals surface area contributed by atoms with Gasteiger partial charge in [0.15, 0.2) is 0 Å². The Morgan fingerprint density at radius 2 is 1.21 bits per heavy atom. The molecule has 0 radical (unpaired) electrons. The van der Waals surface area contributed by atoms with Gasteiger partial charge in [-0.1, -0.05) is 60.7 Å². The van der Waals surface area contributed by atoms with E-state index in [1.165, 1.54) is 0 Å². The molecule has 3 aromatic rings. The minimum absolute atomic E-state index is 0.889. The summed E-state index contributed by atoms with van der Waals surface area (Å²) in [6, 6.07) is 21.6. The minimum Gasteiger partial charge on any atom is -0.376 e. The fourth-order valence-electron chi connectivity index (χ4n) is 2.33. The standard InChI is InChI=1S/C17H14OS/c18-17(16-11-12-19-13-16,14-7-3-1-4-8-14)15-9-5-2-6-10-15/h1-13,18H. The van der Waals surface area contributed by atoms with Crippen molar-refractivity contribution in [3.63, 3.8) is 0 Å². The SMILES string of the molecule is OC(c1ccccc1)(c1ccccc1)c1ccsc1. The highest BCUT2D eigenvalue weighted by Gasteiger charge is 2.33. The molecule has 0 spiro atoms. The van der Waals surface area contributed by atoms with E-state index in [0.29, 0.717) is 0 Å². The molecule has 94 valence electrons. The van der Waals surface area contributed by atoms with Gasteiger partial charge in [-0.3, -0.25) is 0 Å². The van der Waals surface area contributed by atoms with Crippen LogP contribution in [0.4, 0.5) is 0 Å². The molecule has 3 rings (SSSR count). The fraction of sp³-hybridized carbons (Fsp3) is 0.0588. The Balaban J connectivity index is 2.23. The summed E-state index contributed by atoms with van der Waals surface area (Å²) in [6.07, 6.45) is 0. The van der Waals surface area contributed by atoms with Crippen molar-refractivity contribution >= 4 is 11.3 Å². The number of rotatable bonds is 3. The molecule has 0 atom stereocenters. The summed E-state index contributed by atoms with van der Waals surface area (Å²) in [5.74, 6) is 0. The molecule has 1 nitrogen and oxygen atoms in total. The summed E-state index contributed by atoms with van der Waals surface area (Å²) in [5, 5.41) is 15.3. The van der Waals surface area contributed by atoms with E-state index in [4.69, 9.17) is 0 Å². The Hall–Kier alpha value is -1.90. The normalized spacial score (nSPS) is 11.4. The monoisotopic (exact) mass is 266 g/mol. The molecule has 0 bridgehead atoms. The lowest BCUT2D eigenvalue weighted by molar-refractivity contribution is 0.126. The van der Waals surface area contributed by atoms with Crippen LogP contribution in [0.5, 0.6) is 0 Å². The molecule has 0 aliphatic heterocycles. The third kappa shape index (κ3) is 2.09. The summed E-state index contributed by atoms with van der Waals surface area (Å²) < 4.78 is 0. The van der Waals surface area contributed by atoms with Gasteiger partial charge < -0.3 is 5.11 Å². The molecular formula is C17H14OS. The van der Waals surface area contributed by atoms with Gasteiger partial charge in [-0.2, -0.15) is 11.3 Å². The molecular weight excluding hydrogens is 252 g/mol. The predicted molar refractivity (Wildman–Crippen MR) is 79.3 cm³/mol. The van der Waals surface area contributed by atoms with Gasteiger partial charge in [0.2, 0.25) is 0 Å². The van der Waals surface area contributed by atoms with Crippen LogP contribution in [0, 0.1) is 0 Å². The lowest BCUT2D eigenvalue weighted by Crippen LogP contribution is -2.28. The first-order valence-corrected chi connectivity index (χ1v) is 7.12. The van der Waals surface area contributed by atoms with Crippen molar-refractivity contribution in [1.82, 2.24) is 0 Å². The van der Waals surface area contributed by atoms with E-state index in [0.717, 1.165) is 16.7 Å². The fourth-order valence-corrected chi connectivity index (χ4v) is 3.03. The van der Waals surface area contributed by atoms with Crippen molar-refractivity contribution in [2.75, 3.05) is 0 Å². The van der Waals surface area contributed by atoms with Gasteiger partial charge in [0.1, 0.15) is 5.60 Å². The maximum absolute atomic E-state index is 11.3. The molecule has 19 heavy (non-hydrogen) atoms. The first-order valence-electron chi connectivity index (χ1n) is 6.18.